The van der Waals surface area contributed by atoms with E-state index in [-0.39, 0.29) is 9.64 Å². The van der Waals surface area contributed by atoms with Crippen molar-refractivity contribution >= 4 is 27.5 Å². The van der Waals surface area contributed by atoms with E-state index in [2.05, 4.69) is 11.6 Å². The molecular formula is C13H20N2O2S2. The van der Waals surface area contributed by atoms with E-state index in [1.807, 2.05) is 17.8 Å². The second kappa shape index (κ2) is 5.73. The first-order valence-corrected chi connectivity index (χ1v) is 9.15. The smallest absolute Gasteiger partial charge is 0.240 e. The molecule has 0 aromatic heterocycles. The van der Waals surface area contributed by atoms with Gasteiger partial charge in [0.2, 0.25) is 10.0 Å². The number of para-hydroxylation sites is 1. The van der Waals surface area contributed by atoms with E-state index >= 15 is 0 Å². The largest absolute Gasteiger partial charge is 0.383 e. The first-order chi connectivity index (χ1) is 8.97. The molecule has 1 aromatic rings. The van der Waals surface area contributed by atoms with Gasteiger partial charge in [-0.05, 0) is 31.2 Å². The monoisotopic (exact) mass is 300 g/mol. The predicted octanol–water partition coefficient (Wildman–Crippen LogP) is 2.42. The summed E-state index contributed by atoms with van der Waals surface area (Å²) >= 11 is 1.87. The maximum atomic E-state index is 11.5. The van der Waals surface area contributed by atoms with Gasteiger partial charge >= 0.3 is 0 Å². The number of anilines is 1. The Kier molecular flexibility index (Phi) is 4.43. The molecule has 1 aliphatic rings. The molecule has 4 nitrogen and oxygen atoms in total. The second-order valence-corrected chi connectivity index (χ2v) is 7.79. The highest BCUT2D eigenvalue weighted by atomic mass is 32.2. The molecule has 19 heavy (non-hydrogen) atoms. The average Bonchev–Trinajstić information content (AvgIpc) is 2.85. The molecule has 0 atom stereocenters. The number of nitrogens with two attached hydrogens (primary N) is 1. The highest BCUT2D eigenvalue weighted by Crippen LogP contribution is 2.40. The molecular weight excluding hydrogens is 280 g/mol. The van der Waals surface area contributed by atoms with Gasteiger partial charge in [0.25, 0.3) is 0 Å². The van der Waals surface area contributed by atoms with Crippen LogP contribution in [-0.4, -0.2) is 26.0 Å². The molecule has 106 valence electrons. The molecule has 1 fully saturated rings. The second-order valence-electron chi connectivity index (χ2n) is 4.99. The van der Waals surface area contributed by atoms with Crippen LogP contribution < -0.4 is 10.5 Å². The average molecular weight is 300 g/mol. The summed E-state index contributed by atoms with van der Waals surface area (Å²) in [7, 11) is -3.68. The van der Waals surface area contributed by atoms with Crippen LogP contribution in [0.1, 0.15) is 25.7 Å². The van der Waals surface area contributed by atoms with Crippen LogP contribution in [-0.2, 0) is 10.0 Å². The van der Waals surface area contributed by atoms with E-state index in [1.54, 1.807) is 12.1 Å². The number of benzene rings is 1. The zero-order valence-electron chi connectivity index (χ0n) is 11.1. The van der Waals surface area contributed by atoms with Crippen LogP contribution in [0.3, 0.4) is 0 Å². The van der Waals surface area contributed by atoms with Gasteiger partial charge in [0, 0.05) is 11.3 Å². The molecule has 6 heteroatoms. The third kappa shape index (κ3) is 3.43. The van der Waals surface area contributed by atoms with Gasteiger partial charge < -0.3 is 5.32 Å². The molecule has 0 saturated heterocycles. The molecule has 2 rings (SSSR count). The maximum absolute atomic E-state index is 11.5. The fourth-order valence-electron chi connectivity index (χ4n) is 2.59. The normalized spacial score (nSPS) is 18.4. The number of rotatable bonds is 5. The molecule has 0 aliphatic heterocycles. The standard InChI is InChI=1S/C13H20N2O2S2/c1-18-13(8-4-5-9-13)10-15-11-6-2-3-7-12(11)19(14,16)17/h2-3,6-7,15H,4-5,8-10H2,1H3,(H2,14,16,17). The van der Waals surface area contributed by atoms with Crippen molar-refractivity contribution in [1.82, 2.24) is 0 Å². The summed E-state index contributed by atoms with van der Waals surface area (Å²) < 4.78 is 23.3. The third-order valence-electron chi connectivity index (χ3n) is 3.74. The molecule has 0 heterocycles. The van der Waals surface area contributed by atoms with Crippen LogP contribution in [0.4, 0.5) is 5.69 Å². The lowest BCUT2D eigenvalue weighted by atomic mass is 10.1. The minimum absolute atomic E-state index is 0.171. The van der Waals surface area contributed by atoms with Crippen LogP contribution in [0.25, 0.3) is 0 Å². The lowest BCUT2D eigenvalue weighted by Crippen LogP contribution is -2.30. The SMILES string of the molecule is CSC1(CNc2ccccc2S(N)(=O)=O)CCCC1. The van der Waals surface area contributed by atoms with Gasteiger partial charge in [-0.2, -0.15) is 11.8 Å². The summed E-state index contributed by atoms with van der Waals surface area (Å²) in [5.41, 5.74) is 0.602. The summed E-state index contributed by atoms with van der Waals surface area (Å²) in [6.45, 7) is 0.778. The summed E-state index contributed by atoms with van der Waals surface area (Å²) in [5.74, 6) is 0. The van der Waals surface area contributed by atoms with Crippen LogP contribution in [0, 0.1) is 0 Å². The van der Waals surface area contributed by atoms with E-state index in [1.165, 1.54) is 31.7 Å². The van der Waals surface area contributed by atoms with E-state index in [9.17, 15) is 8.42 Å². The number of hydrogen-bond acceptors (Lipinski definition) is 4. The van der Waals surface area contributed by atoms with Gasteiger partial charge in [0.15, 0.2) is 0 Å². The van der Waals surface area contributed by atoms with Crippen molar-refractivity contribution in [3.05, 3.63) is 24.3 Å². The van der Waals surface area contributed by atoms with E-state index in [4.69, 9.17) is 5.14 Å². The quantitative estimate of drug-likeness (QED) is 0.876. The van der Waals surface area contributed by atoms with Gasteiger partial charge in [-0.15, -0.1) is 0 Å². The molecule has 0 bridgehead atoms. The van der Waals surface area contributed by atoms with Crippen molar-refractivity contribution < 1.29 is 8.42 Å². The summed E-state index contributed by atoms with van der Waals surface area (Å²) in [6.07, 6.45) is 6.98. The minimum Gasteiger partial charge on any atom is -0.383 e. The zero-order chi connectivity index (χ0) is 13.9. The van der Waals surface area contributed by atoms with Crippen molar-refractivity contribution in [3.8, 4) is 0 Å². The first kappa shape index (κ1) is 14.7. The Bertz CT molecular complexity index is 537. The lowest BCUT2D eigenvalue weighted by molar-refractivity contribution is 0.597. The van der Waals surface area contributed by atoms with Crippen molar-refractivity contribution in [2.75, 3.05) is 18.1 Å². The molecule has 1 aromatic carbocycles. The van der Waals surface area contributed by atoms with Crippen LogP contribution in [0.15, 0.2) is 29.2 Å². The number of thioether (sulfide) groups is 1. The minimum atomic E-state index is -3.68. The molecule has 3 N–H and O–H groups in total. The Morgan fingerprint density at radius 3 is 2.53 bits per heavy atom. The van der Waals surface area contributed by atoms with Gasteiger partial charge in [-0.3, -0.25) is 0 Å². The van der Waals surface area contributed by atoms with E-state index < -0.39 is 10.0 Å². The number of primary sulfonamides is 1. The van der Waals surface area contributed by atoms with Crippen LogP contribution >= 0.6 is 11.8 Å². The fraction of sp³-hybridized carbons (Fsp3) is 0.538. The highest BCUT2D eigenvalue weighted by molar-refractivity contribution is 8.00. The molecule has 1 aliphatic carbocycles. The summed E-state index contributed by atoms with van der Waals surface area (Å²) in [6, 6.07) is 6.81. The fourth-order valence-corrected chi connectivity index (χ4v) is 4.22. The molecule has 0 amide bonds. The Morgan fingerprint density at radius 2 is 1.95 bits per heavy atom. The van der Waals surface area contributed by atoms with Crippen LogP contribution in [0.2, 0.25) is 0 Å². The van der Waals surface area contributed by atoms with Crippen molar-refractivity contribution in [3.63, 3.8) is 0 Å². The number of nitrogens with one attached hydrogen (secondary N) is 1. The summed E-state index contributed by atoms with van der Waals surface area (Å²) in [5, 5.41) is 8.51. The topological polar surface area (TPSA) is 72.2 Å². The number of hydrogen-bond donors (Lipinski definition) is 2. The van der Waals surface area contributed by atoms with Crippen LogP contribution in [0.5, 0.6) is 0 Å². The third-order valence-corrected chi connectivity index (χ3v) is 6.13. The molecule has 0 unspecified atom stereocenters. The van der Waals surface area contributed by atoms with Crippen molar-refractivity contribution in [2.45, 2.75) is 35.3 Å². The predicted molar refractivity (Wildman–Crippen MR) is 81.0 cm³/mol. The van der Waals surface area contributed by atoms with E-state index in [0.717, 1.165) is 6.54 Å². The van der Waals surface area contributed by atoms with Crippen molar-refractivity contribution in [1.29, 1.82) is 0 Å². The Hall–Kier alpha value is -0.720. The Balaban J connectivity index is 2.16. The van der Waals surface area contributed by atoms with Gasteiger partial charge in [0.1, 0.15) is 4.90 Å². The first-order valence-electron chi connectivity index (χ1n) is 6.38. The zero-order valence-corrected chi connectivity index (χ0v) is 12.7. The van der Waals surface area contributed by atoms with Crippen molar-refractivity contribution in [2.24, 2.45) is 5.14 Å². The molecule has 1 saturated carbocycles. The lowest BCUT2D eigenvalue weighted by Gasteiger charge is -2.27. The number of sulfonamides is 1. The van der Waals surface area contributed by atoms with Gasteiger partial charge in [0.05, 0.1) is 5.69 Å². The Morgan fingerprint density at radius 1 is 1.32 bits per heavy atom. The van der Waals surface area contributed by atoms with Gasteiger partial charge in [-0.25, -0.2) is 13.6 Å². The van der Waals surface area contributed by atoms with Gasteiger partial charge in [-0.1, -0.05) is 25.0 Å². The molecule has 0 radical (unpaired) electrons. The molecule has 0 spiro atoms. The maximum Gasteiger partial charge on any atom is 0.240 e. The Labute approximate surface area is 119 Å². The van der Waals surface area contributed by atoms with E-state index in [0.29, 0.717) is 5.69 Å². The highest BCUT2D eigenvalue weighted by Gasteiger charge is 2.32. The summed E-state index contributed by atoms with van der Waals surface area (Å²) in [4.78, 5) is 0.171.